The van der Waals surface area contributed by atoms with Crippen LogP contribution in [0.5, 0.6) is 0 Å². The maximum Gasteiger partial charge on any atom is 0.337 e. The number of carbonyl (C=O) groups is 1. The van der Waals surface area contributed by atoms with Gasteiger partial charge in [0, 0.05) is 6.04 Å². The fourth-order valence-corrected chi connectivity index (χ4v) is 2.92. The molecule has 1 saturated carbocycles. The summed E-state index contributed by atoms with van der Waals surface area (Å²) in [5.41, 5.74) is 1.89. The number of carboxylic acid groups (broad SMARTS) is 1. The van der Waals surface area contributed by atoms with Crippen LogP contribution in [0.2, 0.25) is 0 Å². The number of carboxylic acids is 1. The molecule has 4 nitrogen and oxygen atoms in total. The molecule has 3 rings (SSSR count). The topological polar surface area (TPSA) is 55.1 Å². The molecule has 0 radical (unpaired) electrons. The second-order valence-electron chi connectivity index (χ2n) is 5.54. The maximum absolute atomic E-state index is 11.4. The molecule has 1 aliphatic carbocycles. The number of aryl methyl sites for hydroxylation is 1. The fraction of sp³-hybridized carbons (Fsp3) is 0.467. The van der Waals surface area contributed by atoms with E-state index in [1.54, 1.807) is 12.1 Å². The molecule has 4 heteroatoms. The van der Waals surface area contributed by atoms with Gasteiger partial charge in [-0.2, -0.15) is 0 Å². The molecule has 1 aliphatic rings. The molecular weight excluding hydrogens is 240 g/mol. The van der Waals surface area contributed by atoms with Gasteiger partial charge in [0.15, 0.2) is 0 Å². The van der Waals surface area contributed by atoms with Gasteiger partial charge >= 0.3 is 5.97 Å². The number of aromatic carboxylic acids is 1. The van der Waals surface area contributed by atoms with E-state index in [2.05, 4.69) is 16.5 Å². The van der Waals surface area contributed by atoms with E-state index in [1.807, 2.05) is 13.0 Å². The summed E-state index contributed by atoms with van der Waals surface area (Å²) in [6, 6.07) is 5.60. The van der Waals surface area contributed by atoms with Crippen LogP contribution in [0.25, 0.3) is 11.0 Å². The summed E-state index contributed by atoms with van der Waals surface area (Å²) in [6.07, 6.45) is 3.73. The fourth-order valence-electron chi connectivity index (χ4n) is 2.92. The Morgan fingerprint density at radius 2 is 2.26 bits per heavy atom. The van der Waals surface area contributed by atoms with E-state index in [0.29, 0.717) is 11.6 Å². The highest BCUT2D eigenvalue weighted by atomic mass is 16.4. The third-order valence-corrected chi connectivity index (χ3v) is 3.93. The first kappa shape index (κ1) is 12.2. The van der Waals surface area contributed by atoms with Gasteiger partial charge in [-0.05, 0) is 38.3 Å². The SMILES string of the molecule is Cc1nc2cccc(C(=O)O)c2n1C(C)CC1CC1. The number of benzene rings is 1. The van der Waals surface area contributed by atoms with Gasteiger partial charge in [0.05, 0.1) is 16.6 Å². The van der Waals surface area contributed by atoms with Crippen LogP contribution in [-0.4, -0.2) is 20.6 Å². The minimum atomic E-state index is -0.884. The molecule has 0 saturated heterocycles. The largest absolute Gasteiger partial charge is 0.478 e. The quantitative estimate of drug-likeness (QED) is 0.914. The van der Waals surface area contributed by atoms with Crippen molar-refractivity contribution in [2.45, 2.75) is 39.2 Å². The number of imidazole rings is 1. The van der Waals surface area contributed by atoms with Gasteiger partial charge in [-0.3, -0.25) is 0 Å². The van der Waals surface area contributed by atoms with Gasteiger partial charge < -0.3 is 9.67 Å². The molecule has 1 aromatic heterocycles. The molecule has 1 unspecified atom stereocenters. The third kappa shape index (κ3) is 2.11. The van der Waals surface area contributed by atoms with Gasteiger partial charge in [0.1, 0.15) is 5.82 Å². The second kappa shape index (κ2) is 4.37. The summed E-state index contributed by atoms with van der Waals surface area (Å²) in [6.45, 7) is 4.11. The van der Waals surface area contributed by atoms with Crippen LogP contribution in [0, 0.1) is 12.8 Å². The molecule has 19 heavy (non-hydrogen) atoms. The molecule has 0 spiro atoms. The number of hydrogen-bond acceptors (Lipinski definition) is 2. The number of hydrogen-bond donors (Lipinski definition) is 1. The van der Waals surface area contributed by atoms with Crippen molar-refractivity contribution in [1.82, 2.24) is 9.55 Å². The zero-order valence-corrected chi connectivity index (χ0v) is 11.3. The van der Waals surface area contributed by atoms with Crippen LogP contribution in [0.3, 0.4) is 0 Å². The molecular formula is C15H18N2O2. The summed E-state index contributed by atoms with van der Waals surface area (Å²) >= 11 is 0. The lowest BCUT2D eigenvalue weighted by Gasteiger charge is -2.17. The highest BCUT2D eigenvalue weighted by molar-refractivity contribution is 6.01. The van der Waals surface area contributed by atoms with Crippen molar-refractivity contribution >= 4 is 17.0 Å². The van der Waals surface area contributed by atoms with Crippen molar-refractivity contribution < 1.29 is 9.90 Å². The van der Waals surface area contributed by atoms with E-state index in [4.69, 9.17) is 0 Å². The van der Waals surface area contributed by atoms with Gasteiger partial charge in [-0.1, -0.05) is 18.9 Å². The number of para-hydroxylation sites is 1. The summed E-state index contributed by atoms with van der Waals surface area (Å²) < 4.78 is 2.09. The van der Waals surface area contributed by atoms with Crippen LogP contribution in [0.1, 0.15) is 48.4 Å². The average molecular weight is 258 g/mol. The predicted octanol–water partition coefficient (Wildman–Crippen LogP) is 3.40. The highest BCUT2D eigenvalue weighted by Crippen LogP contribution is 2.38. The minimum absolute atomic E-state index is 0.304. The van der Waals surface area contributed by atoms with Crippen molar-refractivity contribution in [3.8, 4) is 0 Å². The first-order valence-corrected chi connectivity index (χ1v) is 6.78. The van der Waals surface area contributed by atoms with Gasteiger partial charge in [-0.25, -0.2) is 9.78 Å². The Balaban J connectivity index is 2.15. The van der Waals surface area contributed by atoms with E-state index >= 15 is 0 Å². The summed E-state index contributed by atoms with van der Waals surface area (Å²) in [5.74, 6) is 0.825. The Morgan fingerprint density at radius 3 is 2.89 bits per heavy atom. The van der Waals surface area contributed by atoms with Crippen LogP contribution < -0.4 is 0 Å². The number of rotatable bonds is 4. The first-order chi connectivity index (χ1) is 9.08. The van der Waals surface area contributed by atoms with E-state index in [-0.39, 0.29) is 0 Å². The zero-order valence-electron chi connectivity index (χ0n) is 11.3. The summed E-state index contributed by atoms with van der Waals surface area (Å²) in [4.78, 5) is 15.9. The van der Waals surface area contributed by atoms with Gasteiger partial charge in [0.25, 0.3) is 0 Å². The highest BCUT2D eigenvalue weighted by Gasteiger charge is 2.26. The molecule has 2 aromatic rings. The first-order valence-electron chi connectivity index (χ1n) is 6.78. The lowest BCUT2D eigenvalue weighted by atomic mass is 10.1. The van der Waals surface area contributed by atoms with Crippen LogP contribution in [-0.2, 0) is 0 Å². The summed E-state index contributed by atoms with van der Waals surface area (Å²) in [7, 11) is 0. The second-order valence-corrected chi connectivity index (χ2v) is 5.54. The van der Waals surface area contributed by atoms with E-state index in [1.165, 1.54) is 12.8 Å². The van der Waals surface area contributed by atoms with E-state index in [0.717, 1.165) is 29.2 Å². The minimum Gasteiger partial charge on any atom is -0.478 e. The Bertz CT molecular complexity index is 641. The van der Waals surface area contributed by atoms with Crippen LogP contribution in [0.15, 0.2) is 18.2 Å². The Hall–Kier alpha value is -1.84. The number of nitrogens with zero attached hydrogens (tertiary/aromatic N) is 2. The van der Waals surface area contributed by atoms with E-state index in [9.17, 15) is 9.90 Å². The molecule has 1 N–H and O–H groups in total. The Morgan fingerprint density at radius 1 is 1.53 bits per heavy atom. The van der Waals surface area contributed by atoms with Gasteiger partial charge in [0.2, 0.25) is 0 Å². The van der Waals surface area contributed by atoms with Crippen LogP contribution >= 0.6 is 0 Å². The third-order valence-electron chi connectivity index (χ3n) is 3.93. The lowest BCUT2D eigenvalue weighted by Crippen LogP contribution is -2.10. The summed E-state index contributed by atoms with van der Waals surface area (Å²) in [5, 5.41) is 9.35. The Labute approximate surface area is 112 Å². The molecule has 100 valence electrons. The molecule has 0 amide bonds. The standard InChI is InChI=1S/C15H18N2O2/c1-9(8-11-6-7-11)17-10(2)16-13-5-3-4-12(14(13)17)15(18)19/h3-5,9,11H,6-8H2,1-2H3,(H,18,19). The number of aromatic nitrogens is 2. The number of fused-ring (bicyclic) bond motifs is 1. The van der Waals surface area contributed by atoms with Crippen molar-refractivity contribution in [3.63, 3.8) is 0 Å². The monoisotopic (exact) mass is 258 g/mol. The Kier molecular flexibility index (Phi) is 2.81. The molecule has 1 fully saturated rings. The smallest absolute Gasteiger partial charge is 0.337 e. The molecule has 0 aliphatic heterocycles. The zero-order chi connectivity index (χ0) is 13.6. The maximum atomic E-state index is 11.4. The van der Waals surface area contributed by atoms with E-state index < -0.39 is 5.97 Å². The lowest BCUT2D eigenvalue weighted by molar-refractivity contribution is 0.0698. The van der Waals surface area contributed by atoms with Crippen molar-refractivity contribution in [2.75, 3.05) is 0 Å². The normalized spacial score (nSPS) is 16.7. The predicted molar refractivity (Wildman–Crippen MR) is 73.5 cm³/mol. The average Bonchev–Trinajstić information content (AvgIpc) is 3.08. The molecule has 1 heterocycles. The molecule has 0 bridgehead atoms. The van der Waals surface area contributed by atoms with Crippen LogP contribution in [0.4, 0.5) is 0 Å². The molecule has 1 atom stereocenters. The van der Waals surface area contributed by atoms with Crippen molar-refractivity contribution in [1.29, 1.82) is 0 Å². The van der Waals surface area contributed by atoms with Gasteiger partial charge in [-0.15, -0.1) is 0 Å². The van der Waals surface area contributed by atoms with Crippen molar-refractivity contribution in [3.05, 3.63) is 29.6 Å². The molecule has 1 aromatic carbocycles. The van der Waals surface area contributed by atoms with Crippen molar-refractivity contribution in [2.24, 2.45) is 5.92 Å².